The van der Waals surface area contributed by atoms with Crippen molar-refractivity contribution < 1.29 is 14.6 Å². The van der Waals surface area contributed by atoms with Crippen molar-refractivity contribution in [3.05, 3.63) is 0 Å². The van der Waals surface area contributed by atoms with Gasteiger partial charge in [0.05, 0.1) is 13.2 Å². The van der Waals surface area contributed by atoms with Gasteiger partial charge in [0.15, 0.2) is 0 Å². The third-order valence-electron chi connectivity index (χ3n) is 4.05. The first-order valence-corrected chi connectivity index (χ1v) is 5.81. The molecule has 0 spiro atoms. The quantitative estimate of drug-likeness (QED) is 0.697. The number of aliphatic carboxylic acids is 1. The third-order valence-corrected chi connectivity index (χ3v) is 4.05. The molecule has 0 aromatic carbocycles. The van der Waals surface area contributed by atoms with Gasteiger partial charge in [-0.2, -0.15) is 0 Å². The van der Waals surface area contributed by atoms with Gasteiger partial charge in [0, 0.05) is 6.04 Å². The van der Waals surface area contributed by atoms with Gasteiger partial charge in [-0.25, -0.2) is 0 Å². The number of hydrogen-bond donors (Lipinski definition) is 2. The number of rotatable bonds is 3. The van der Waals surface area contributed by atoms with Crippen LogP contribution in [0.4, 0.5) is 0 Å². The number of carboxylic acid groups (broad SMARTS) is 1. The summed E-state index contributed by atoms with van der Waals surface area (Å²) in [4.78, 5) is 13.5. The molecule has 0 radical (unpaired) electrons. The molecule has 1 atom stereocenters. The summed E-state index contributed by atoms with van der Waals surface area (Å²) in [6, 6.07) is -0.271. The first-order chi connectivity index (χ1) is 7.56. The molecule has 2 aliphatic rings. The monoisotopic (exact) mass is 228 g/mol. The van der Waals surface area contributed by atoms with Crippen molar-refractivity contribution >= 4 is 5.97 Å². The maximum Gasteiger partial charge on any atom is 0.315 e. The van der Waals surface area contributed by atoms with E-state index in [0.29, 0.717) is 5.92 Å². The predicted molar refractivity (Wildman–Crippen MR) is 59.1 cm³/mol. The molecule has 0 aliphatic carbocycles. The van der Waals surface area contributed by atoms with Gasteiger partial charge in [-0.1, -0.05) is 0 Å². The summed E-state index contributed by atoms with van der Waals surface area (Å²) in [5, 5.41) is 9.27. The van der Waals surface area contributed by atoms with Gasteiger partial charge in [-0.15, -0.1) is 0 Å². The minimum Gasteiger partial charge on any atom is -0.481 e. The first-order valence-electron chi connectivity index (χ1n) is 5.81. The summed E-state index contributed by atoms with van der Waals surface area (Å²) in [5.41, 5.74) is 5.34. The zero-order chi connectivity index (χ0) is 11.8. The standard InChI is InChI=1S/C11H20N2O3/c1-13-4-2-8(3-5-13)9(12)11(10(14)15)6-16-7-11/h8-9H,2-7,12H2,1H3,(H,14,15). The van der Waals surface area contributed by atoms with Crippen LogP contribution in [0, 0.1) is 11.3 Å². The summed E-state index contributed by atoms with van der Waals surface area (Å²) in [5.74, 6) is -0.485. The number of ether oxygens (including phenoxy) is 1. The van der Waals surface area contributed by atoms with Crippen LogP contribution in [0.3, 0.4) is 0 Å². The molecular formula is C11H20N2O3. The van der Waals surface area contributed by atoms with Gasteiger partial charge in [0.25, 0.3) is 0 Å². The molecule has 0 aromatic rings. The molecule has 2 aliphatic heterocycles. The Morgan fingerprint density at radius 2 is 2.06 bits per heavy atom. The lowest BCUT2D eigenvalue weighted by Gasteiger charge is -2.46. The average Bonchev–Trinajstić information content (AvgIpc) is 2.16. The van der Waals surface area contributed by atoms with Crippen LogP contribution < -0.4 is 5.73 Å². The topological polar surface area (TPSA) is 75.8 Å². The van der Waals surface area contributed by atoms with E-state index in [9.17, 15) is 9.90 Å². The average molecular weight is 228 g/mol. The lowest BCUT2D eigenvalue weighted by atomic mass is 9.70. The molecule has 5 nitrogen and oxygen atoms in total. The van der Waals surface area contributed by atoms with Crippen molar-refractivity contribution in [3.63, 3.8) is 0 Å². The number of hydrogen-bond acceptors (Lipinski definition) is 4. The Bertz CT molecular complexity index is 270. The zero-order valence-corrected chi connectivity index (χ0v) is 9.69. The fourth-order valence-electron chi connectivity index (χ4n) is 2.62. The maximum atomic E-state index is 11.3. The minimum absolute atomic E-state index is 0.271. The molecule has 1 unspecified atom stereocenters. The van der Waals surface area contributed by atoms with Crippen LogP contribution in [0.1, 0.15) is 12.8 Å². The SMILES string of the molecule is CN1CCC(C(N)C2(C(=O)O)COC2)CC1. The van der Waals surface area contributed by atoms with Gasteiger partial charge in [-0.05, 0) is 38.9 Å². The molecule has 92 valence electrons. The summed E-state index contributed by atoms with van der Waals surface area (Å²) in [6.45, 7) is 2.57. The van der Waals surface area contributed by atoms with Crippen molar-refractivity contribution in [1.82, 2.24) is 4.90 Å². The Kier molecular flexibility index (Phi) is 3.19. The van der Waals surface area contributed by atoms with Crippen LogP contribution in [-0.2, 0) is 9.53 Å². The fourth-order valence-corrected chi connectivity index (χ4v) is 2.62. The maximum absolute atomic E-state index is 11.3. The van der Waals surface area contributed by atoms with E-state index in [2.05, 4.69) is 11.9 Å². The van der Waals surface area contributed by atoms with Crippen molar-refractivity contribution in [2.45, 2.75) is 18.9 Å². The lowest BCUT2D eigenvalue weighted by Crippen LogP contribution is -2.63. The highest BCUT2D eigenvalue weighted by molar-refractivity contribution is 5.77. The molecule has 2 rings (SSSR count). The molecule has 2 saturated heterocycles. The number of nitrogens with zero attached hydrogens (tertiary/aromatic N) is 1. The first kappa shape index (κ1) is 11.8. The summed E-state index contributed by atoms with van der Waals surface area (Å²) >= 11 is 0. The molecule has 5 heteroatoms. The molecule has 2 fully saturated rings. The van der Waals surface area contributed by atoms with Crippen LogP contribution in [0.5, 0.6) is 0 Å². The van der Waals surface area contributed by atoms with Crippen molar-refractivity contribution in [2.24, 2.45) is 17.1 Å². The molecule has 2 heterocycles. The van der Waals surface area contributed by atoms with Gasteiger partial charge >= 0.3 is 5.97 Å². The largest absolute Gasteiger partial charge is 0.481 e. The van der Waals surface area contributed by atoms with Crippen molar-refractivity contribution in [2.75, 3.05) is 33.4 Å². The number of nitrogens with two attached hydrogens (primary N) is 1. The Labute approximate surface area is 95.5 Å². The van der Waals surface area contributed by atoms with Crippen molar-refractivity contribution in [3.8, 4) is 0 Å². The fraction of sp³-hybridized carbons (Fsp3) is 0.909. The predicted octanol–water partition coefficient (Wildman–Crippen LogP) is -0.243. The number of likely N-dealkylation sites (tertiary alicyclic amines) is 1. The third kappa shape index (κ3) is 1.83. The van der Waals surface area contributed by atoms with Gasteiger partial charge in [0.1, 0.15) is 5.41 Å². The smallest absolute Gasteiger partial charge is 0.315 e. The van der Waals surface area contributed by atoms with Gasteiger partial charge < -0.3 is 20.5 Å². The van der Waals surface area contributed by atoms with Crippen LogP contribution in [-0.4, -0.2) is 55.4 Å². The van der Waals surface area contributed by atoms with Crippen LogP contribution >= 0.6 is 0 Å². The normalized spacial score (nSPS) is 28.4. The van der Waals surface area contributed by atoms with E-state index in [1.807, 2.05) is 0 Å². The molecule has 0 bridgehead atoms. The zero-order valence-electron chi connectivity index (χ0n) is 9.69. The van der Waals surface area contributed by atoms with Crippen molar-refractivity contribution in [1.29, 1.82) is 0 Å². The van der Waals surface area contributed by atoms with E-state index in [-0.39, 0.29) is 19.3 Å². The summed E-state index contributed by atoms with van der Waals surface area (Å²) in [7, 11) is 2.08. The van der Waals surface area contributed by atoms with E-state index >= 15 is 0 Å². The van der Waals surface area contributed by atoms with E-state index in [1.54, 1.807) is 0 Å². The van der Waals surface area contributed by atoms with Gasteiger partial charge in [0.2, 0.25) is 0 Å². The molecule has 16 heavy (non-hydrogen) atoms. The molecule has 0 aromatic heterocycles. The summed E-state index contributed by atoms with van der Waals surface area (Å²) < 4.78 is 5.06. The van der Waals surface area contributed by atoms with Crippen LogP contribution in [0.2, 0.25) is 0 Å². The highest BCUT2D eigenvalue weighted by atomic mass is 16.5. The minimum atomic E-state index is -0.819. The Morgan fingerprint density at radius 1 is 1.50 bits per heavy atom. The number of piperidine rings is 1. The second-order valence-electron chi connectivity index (χ2n) is 5.12. The highest BCUT2D eigenvalue weighted by Gasteiger charge is 2.53. The van der Waals surface area contributed by atoms with E-state index < -0.39 is 11.4 Å². The second-order valence-corrected chi connectivity index (χ2v) is 5.12. The van der Waals surface area contributed by atoms with E-state index in [0.717, 1.165) is 25.9 Å². The highest BCUT2D eigenvalue weighted by Crippen LogP contribution is 2.37. The Hall–Kier alpha value is -0.650. The molecular weight excluding hydrogens is 208 g/mol. The Balaban J connectivity index is 2.01. The summed E-state index contributed by atoms with van der Waals surface area (Å²) in [6.07, 6.45) is 1.99. The molecule has 0 amide bonds. The van der Waals surface area contributed by atoms with E-state index in [4.69, 9.17) is 10.5 Å². The lowest BCUT2D eigenvalue weighted by molar-refractivity contribution is -0.188. The number of carboxylic acids is 1. The molecule has 0 saturated carbocycles. The second kappa shape index (κ2) is 4.31. The molecule has 3 N–H and O–H groups in total. The van der Waals surface area contributed by atoms with Crippen LogP contribution in [0.25, 0.3) is 0 Å². The van der Waals surface area contributed by atoms with E-state index in [1.165, 1.54) is 0 Å². The number of carbonyl (C=O) groups is 1. The van der Waals surface area contributed by atoms with Gasteiger partial charge in [-0.3, -0.25) is 4.79 Å². The van der Waals surface area contributed by atoms with Crippen LogP contribution in [0.15, 0.2) is 0 Å². The Morgan fingerprint density at radius 3 is 2.44 bits per heavy atom.